The molecule has 0 aliphatic heterocycles. The van der Waals surface area contributed by atoms with Crippen LogP contribution in [0.15, 0.2) is 42.9 Å². The molecule has 0 aliphatic carbocycles. The van der Waals surface area contributed by atoms with Crippen LogP contribution in [0.3, 0.4) is 0 Å². The molecule has 18 heavy (non-hydrogen) atoms. The van der Waals surface area contributed by atoms with E-state index in [1.54, 1.807) is 24.3 Å². The molecule has 1 aromatic heterocycles. The predicted molar refractivity (Wildman–Crippen MR) is 63.0 cm³/mol. The molecule has 0 radical (unpaired) electrons. The number of nitrogens with zero attached hydrogens (tertiary/aromatic N) is 3. The van der Waals surface area contributed by atoms with Crippen LogP contribution in [0.4, 0.5) is 0 Å². The van der Waals surface area contributed by atoms with Crippen LogP contribution >= 0.6 is 0 Å². The summed E-state index contributed by atoms with van der Waals surface area (Å²) in [6.07, 6.45) is 2.61. The third-order valence-electron chi connectivity index (χ3n) is 2.23. The van der Waals surface area contributed by atoms with Gasteiger partial charge in [0.1, 0.15) is 18.0 Å². The highest BCUT2D eigenvalue weighted by Crippen LogP contribution is 2.11. The zero-order valence-corrected chi connectivity index (χ0v) is 9.41. The van der Waals surface area contributed by atoms with Crippen LogP contribution in [0.25, 0.3) is 0 Å². The Morgan fingerprint density at radius 2 is 2.11 bits per heavy atom. The van der Waals surface area contributed by atoms with Crippen LogP contribution in [0.2, 0.25) is 0 Å². The van der Waals surface area contributed by atoms with E-state index in [1.165, 1.54) is 12.5 Å². The lowest BCUT2D eigenvalue weighted by Crippen LogP contribution is -2.12. The molecule has 0 bridgehead atoms. The van der Waals surface area contributed by atoms with E-state index in [2.05, 4.69) is 9.97 Å². The van der Waals surface area contributed by atoms with Crippen LogP contribution in [0.1, 0.15) is 15.9 Å². The molecule has 0 N–H and O–H groups in total. The van der Waals surface area contributed by atoms with Gasteiger partial charge in [-0.2, -0.15) is 5.26 Å². The molecule has 88 valence electrons. The normalized spacial score (nSPS) is 9.50. The van der Waals surface area contributed by atoms with E-state index in [-0.39, 0.29) is 23.8 Å². The van der Waals surface area contributed by atoms with Crippen LogP contribution in [-0.4, -0.2) is 22.4 Å². The molecule has 5 heteroatoms. The van der Waals surface area contributed by atoms with Gasteiger partial charge < -0.3 is 4.74 Å². The molecule has 1 heterocycles. The summed E-state index contributed by atoms with van der Waals surface area (Å²) in [5, 5.41) is 8.81. The highest BCUT2D eigenvalue weighted by atomic mass is 16.5. The Balaban J connectivity index is 2.05. The standard InChI is InChI=1S/C13H9N3O2/c14-6-11-7-15-9-16-13(11)18-8-12(17)10-4-2-1-3-5-10/h1-5,7,9H,8H2. The number of Topliss-reactive ketones (excluding diaryl/α,β-unsaturated/α-hetero) is 1. The van der Waals surface area contributed by atoms with E-state index in [0.29, 0.717) is 5.56 Å². The molecule has 0 saturated carbocycles. The second-order valence-electron chi connectivity index (χ2n) is 3.43. The quantitative estimate of drug-likeness (QED) is 0.757. The van der Waals surface area contributed by atoms with Crippen molar-refractivity contribution in [1.29, 1.82) is 5.26 Å². The van der Waals surface area contributed by atoms with Crippen LogP contribution in [0, 0.1) is 11.3 Å². The maximum Gasteiger partial charge on any atom is 0.235 e. The molecular formula is C13H9N3O2. The molecule has 1 aromatic carbocycles. The topological polar surface area (TPSA) is 75.9 Å². The minimum atomic E-state index is -0.168. The summed E-state index contributed by atoms with van der Waals surface area (Å²) in [6, 6.07) is 10.7. The van der Waals surface area contributed by atoms with Crippen molar-refractivity contribution in [2.45, 2.75) is 0 Å². The lowest BCUT2D eigenvalue weighted by atomic mass is 10.1. The van der Waals surface area contributed by atoms with Crippen molar-refractivity contribution in [2.24, 2.45) is 0 Å². The minimum Gasteiger partial charge on any atom is -0.468 e. The van der Waals surface area contributed by atoms with Crippen molar-refractivity contribution >= 4 is 5.78 Å². The Hall–Kier alpha value is -2.74. The first-order chi connectivity index (χ1) is 8.81. The summed E-state index contributed by atoms with van der Waals surface area (Å²) in [6.45, 7) is -0.157. The van der Waals surface area contributed by atoms with E-state index in [4.69, 9.17) is 10.00 Å². The summed E-state index contributed by atoms with van der Waals surface area (Å²) >= 11 is 0. The van der Waals surface area contributed by atoms with Gasteiger partial charge in [0.15, 0.2) is 12.4 Å². The van der Waals surface area contributed by atoms with Crippen molar-refractivity contribution in [3.05, 3.63) is 54.0 Å². The van der Waals surface area contributed by atoms with Crippen molar-refractivity contribution in [2.75, 3.05) is 6.61 Å². The van der Waals surface area contributed by atoms with Gasteiger partial charge in [0.25, 0.3) is 0 Å². The molecule has 5 nitrogen and oxygen atoms in total. The second-order valence-corrected chi connectivity index (χ2v) is 3.43. The number of ether oxygens (including phenoxy) is 1. The van der Waals surface area contributed by atoms with Gasteiger partial charge in [-0.15, -0.1) is 0 Å². The van der Waals surface area contributed by atoms with E-state index >= 15 is 0 Å². The second kappa shape index (κ2) is 5.55. The highest BCUT2D eigenvalue weighted by molar-refractivity contribution is 5.97. The minimum absolute atomic E-state index is 0.122. The first-order valence-corrected chi connectivity index (χ1v) is 5.22. The summed E-state index contributed by atoms with van der Waals surface area (Å²) < 4.78 is 5.22. The summed E-state index contributed by atoms with van der Waals surface area (Å²) in [7, 11) is 0. The van der Waals surface area contributed by atoms with Crippen LogP contribution in [-0.2, 0) is 0 Å². The lowest BCUT2D eigenvalue weighted by Gasteiger charge is -2.05. The zero-order chi connectivity index (χ0) is 12.8. The summed E-state index contributed by atoms with van der Waals surface area (Å²) in [5.74, 6) is -0.0464. The Morgan fingerprint density at radius 3 is 2.83 bits per heavy atom. The number of hydrogen-bond acceptors (Lipinski definition) is 5. The monoisotopic (exact) mass is 239 g/mol. The molecule has 0 fully saturated rings. The fourth-order valence-corrected chi connectivity index (χ4v) is 1.35. The summed E-state index contributed by atoms with van der Waals surface area (Å²) in [4.78, 5) is 19.3. The molecule has 0 atom stereocenters. The van der Waals surface area contributed by atoms with Crippen molar-refractivity contribution < 1.29 is 9.53 Å². The molecule has 0 amide bonds. The van der Waals surface area contributed by atoms with Gasteiger partial charge in [0.2, 0.25) is 5.88 Å². The fraction of sp³-hybridized carbons (Fsp3) is 0.0769. The van der Waals surface area contributed by atoms with E-state index in [1.807, 2.05) is 12.1 Å². The number of hydrogen-bond donors (Lipinski definition) is 0. The third kappa shape index (κ3) is 2.68. The van der Waals surface area contributed by atoms with Gasteiger partial charge >= 0.3 is 0 Å². The maximum absolute atomic E-state index is 11.8. The van der Waals surface area contributed by atoms with E-state index < -0.39 is 0 Å². The third-order valence-corrected chi connectivity index (χ3v) is 2.23. The van der Waals surface area contributed by atoms with Crippen LogP contribution in [0.5, 0.6) is 5.88 Å². The first-order valence-electron chi connectivity index (χ1n) is 5.22. The Kier molecular flexibility index (Phi) is 3.62. The average Bonchev–Trinajstić information content (AvgIpc) is 2.46. The zero-order valence-electron chi connectivity index (χ0n) is 9.41. The van der Waals surface area contributed by atoms with Gasteiger partial charge in [0, 0.05) is 5.56 Å². The smallest absolute Gasteiger partial charge is 0.235 e. The average molecular weight is 239 g/mol. The Morgan fingerprint density at radius 1 is 1.33 bits per heavy atom. The molecule has 2 aromatic rings. The molecular weight excluding hydrogens is 230 g/mol. The molecule has 2 rings (SSSR count). The Bertz CT molecular complexity index is 591. The SMILES string of the molecule is N#Cc1cncnc1OCC(=O)c1ccccc1. The van der Waals surface area contributed by atoms with Gasteiger partial charge in [-0.1, -0.05) is 30.3 Å². The van der Waals surface area contributed by atoms with Crippen LogP contribution < -0.4 is 4.74 Å². The Labute approximate surface area is 104 Å². The predicted octanol–water partition coefficient (Wildman–Crippen LogP) is 1.61. The lowest BCUT2D eigenvalue weighted by molar-refractivity contribution is 0.0917. The van der Waals surface area contributed by atoms with Gasteiger partial charge in [-0.25, -0.2) is 9.97 Å². The highest BCUT2D eigenvalue weighted by Gasteiger charge is 2.09. The maximum atomic E-state index is 11.8. The molecule has 0 unspecified atom stereocenters. The number of benzene rings is 1. The van der Waals surface area contributed by atoms with E-state index in [9.17, 15) is 4.79 Å². The molecule has 0 spiro atoms. The van der Waals surface area contributed by atoms with Gasteiger partial charge in [0.05, 0.1) is 6.20 Å². The van der Waals surface area contributed by atoms with E-state index in [0.717, 1.165) is 0 Å². The largest absolute Gasteiger partial charge is 0.468 e. The van der Waals surface area contributed by atoms with Crippen molar-refractivity contribution in [1.82, 2.24) is 9.97 Å². The molecule has 0 saturated heterocycles. The van der Waals surface area contributed by atoms with Crippen molar-refractivity contribution in [3.63, 3.8) is 0 Å². The number of carbonyl (C=O) groups is 1. The first kappa shape index (κ1) is 11.7. The number of carbonyl (C=O) groups excluding carboxylic acids is 1. The van der Waals surface area contributed by atoms with Crippen molar-refractivity contribution in [3.8, 4) is 11.9 Å². The number of aromatic nitrogens is 2. The number of nitriles is 1. The summed E-state index contributed by atoms with van der Waals surface area (Å²) in [5.41, 5.74) is 0.767. The number of ketones is 1. The fourth-order valence-electron chi connectivity index (χ4n) is 1.35. The van der Waals surface area contributed by atoms with Gasteiger partial charge in [-0.05, 0) is 0 Å². The van der Waals surface area contributed by atoms with Gasteiger partial charge in [-0.3, -0.25) is 4.79 Å². The molecule has 0 aliphatic rings. The number of rotatable bonds is 4.